The SMILES string of the molecule is N=CCOCCOCCO. The first kappa shape index (κ1) is 9.55. The Morgan fingerprint density at radius 1 is 1.20 bits per heavy atom. The molecule has 0 spiro atoms. The second-order valence-corrected chi connectivity index (χ2v) is 1.62. The maximum absolute atomic E-state index is 8.27. The van der Waals surface area contributed by atoms with Gasteiger partial charge >= 0.3 is 0 Å². The summed E-state index contributed by atoms with van der Waals surface area (Å²) in [6, 6.07) is 0. The summed E-state index contributed by atoms with van der Waals surface area (Å²) in [5.74, 6) is 0. The first-order valence-electron chi connectivity index (χ1n) is 3.17. The van der Waals surface area contributed by atoms with E-state index in [9.17, 15) is 0 Å². The van der Waals surface area contributed by atoms with E-state index in [2.05, 4.69) is 0 Å². The molecule has 0 aromatic rings. The Morgan fingerprint density at radius 3 is 2.50 bits per heavy atom. The molecule has 0 aliphatic heterocycles. The van der Waals surface area contributed by atoms with Crippen molar-refractivity contribution in [3.8, 4) is 0 Å². The van der Waals surface area contributed by atoms with Crippen molar-refractivity contribution in [1.82, 2.24) is 0 Å². The van der Waals surface area contributed by atoms with Crippen LogP contribution in [-0.2, 0) is 9.47 Å². The van der Waals surface area contributed by atoms with Gasteiger partial charge in [-0.05, 0) is 0 Å². The molecule has 4 heteroatoms. The van der Waals surface area contributed by atoms with Crippen molar-refractivity contribution in [2.24, 2.45) is 0 Å². The van der Waals surface area contributed by atoms with Crippen molar-refractivity contribution in [2.45, 2.75) is 0 Å². The summed E-state index contributed by atoms with van der Waals surface area (Å²) in [4.78, 5) is 0. The molecule has 0 saturated carbocycles. The van der Waals surface area contributed by atoms with Crippen molar-refractivity contribution >= 4 is 6.21 Å². The van der Waals surface area contributed by atoms with Crippen LogP contribution in [0.3, 0.4) is 0 Å². The topological polar surface area (TPSA) is 62.5 Å². The predicted octanol–water partition coefficient (Wildman–Crippen LogP) is -0.339. The highest BCUT2D eigenvalue weighted by molar-refractivity contribution is 5.53. The normalized spacial score (nSPS) is 9.70. The second-order valence-electron chi connectivity index (χ2n) is 1.62. The molecule has 60 valence electrons. The van der Waals surface area contributed by atoms with Crippen molar-refractivity contribution in [3.05, 3.63) is 0 Å². The molecule has 0 heterocycles. The zero-order valence-corrected chi connectivity index (χ0v) is 5.88. The molecule has 0 atom stereocenters. The molecule has 0 aromatic heterocycles. The van der Waals surface area contributed by atoms with Gasteiger partial charge < -0.3 is 20.0 Å². The zero-order valence-electron chi connectivity index (χ0n) is 5.88. The maximum Gasteiger partial charge on any atom is 0.0812 e. The van der Waals surface area contributed by atoms with Crippen LogP contribution in [-0.4, -0.2) is 44.4 Å². The average Bonchev–Trinajstić information content (AvgIpc) is 1.97. The second kappa shape index (κ2) is 8.55. The third-order valence-corrected chi connectivity index (χ3v) is 0.809. The van der Waals surface area contributed by atoms with E-state index in [-0.39, 0.29) is 6.61 Å². The van der Waals surface area contributed by atoms with Crippen LogP contribution in [0.1, 0.15) is 0 Å². The van der Waals surface area contributed by atoms with E-state index in [1.54, 1.807) is 0 Å². The summed E-state index contributed by atoms with van der Waals surface area (Å²) in [6.07, 6.45) is 1.19. The Balaban J connectivity index is 2.70. The number of rotatable bonds is 7. The van der Waals surface area contributed by atoms with Crippen LogP contribution in [0, 0.1) is 5.41 Å². The van der Waals surface area contributed by atoms with E-state index in [4.69, 9.17) is 20.0 Å². The van der Waals surface area contributed by atoms with Crippen LogP contribution in [0.25, 0.3) is 0 Å². The van der Waals surface area contributed by atoms with Gasteiger partial charge in [0.15, 0.2) is 0 Å². The van der Waals surface area contributed by atoms with Crippen LogP contribution >= 0.6 is 0 Å². The van der Waals surface area contributed by atoms with Crippen molar-refractivity contribution in [1.29, 1.82) is 5.41 Å². The van der Waals surface area contributed by atoms with E-state index in [0.29, 0.717) is 26.4 Å². The summed E-state index contributed by atoms with van der Waals surface area (Å²) in [7, 11) is 0. The molecule has 2 N–H and O–H groups in total. The van der Waals surface area contributed by atoms with E-state index < -0.39 is 0 Å². The highest BCUT2D eigenvalue weighted by Crippen LogP contribution is 1.75. The molecule has 0 aliphatic rings. The highest BCUT2D eigenvalue weighted by Gasteiger charge is 1.85. The van der Waals surface area contributed by atoms with Crippen LogP contribution in [0.15, 0.2) is 0 Å². The molecule has 0 unspecified atom stereocenters. The molecular weight excluding hydrogens is 134 g/mol. The van der Waals surface area contributed by atoms with Crippen LogP contribution < -0.4 is 0 Å². The summed E-state index contributed by atoms with van der Waals surface area (Å²) < 4.78 is 9.76. The van der Waals surface area contributed by atoms with Gasteiger partial charge in [-0.3, -0.25) is 0 Å². The minimum Gasteiger partial charge on any atom is -0.394 e. The van der Waals surface area contributed by atoms with Gasteiger partial charge in [-0.25, -0.2) is 0 Å². The molecule has 0 saturated heterocycles. The molecule has 10 heavy (non-hydrogen) atoms. The fourth-order valence-electron chi connectivity index (χ4n) is 0.427. The van der Waals surface area contributed by atoms with Gasteiger partial charge in [0.2, 0.25) is 0 Å². The first-order valence-corrected chi connectivity index (χ1v) is 3.17. The van der Waals surface area contributed by atoms with Crippen LogP contribution in [0.2, 0.25) is 0 Å². The van der Waals surface area contributed by atoms with E-state index >= 15 is 0 Å². The number of nitrogens with one attached hydrogen (secondary N) is 1. The van der Waals surface area contributed by atoms with Gasteiger partial charge in [0.25, 0.3) is 0 Å². The molecule has 0 radical (unpaired) electrons. The van der Waals surface area contributed by atoms with Crippen LogP contribution in [0.4, 0.5) is 0 Å². The van der Waals surface area contributed by atoms with E-state index in [1.807, 2.05) is 0 Å². The number of aliphatic hydroxyl groups is 1. The van der Waals surface area contributed by atoms with Gasteiger partial charge in [-0.15, -0.1) is 0 Å². The van der Waals surface area contributed by atoms with Crippen molar-refractivity contribution < 1.29 is 14.6 Å². The lowest BCUT2D eigenvalue weighted by molar-refractivity contribution is 0.0441. The lowest BCUT2D eigenvalue weighted by atomic mass is 10.7. The first-order chi connectivity index (χ1) is 4.91. The Labute approximate surface area is 60.3 Å². The minimum atomic E-state index is 0.0462. The van der Waals surface area contributed by atoms with Crippen molar-refractivity contribution in [2.75, 3.05) is 33.0 Å². The Hall–Kier alpha value is -0.450. The molecular formula is C6H13NO3. The average molecular weight is 147 g/mol. The monoisotopic (exact) mass is 147 g/mol. The van der Waals surface area contributed by atoms with Gasteiger partial charge in [-0.2, -0.15) is 0 Å². The number of hydrogen-bond donors (Lipinski definition) is 2. The van der Waals surface area contributed by atoms with E-state index in [0.717, 1.165) is 0 Å². The molecule has 0 rings (SSSR count). The summed E-state index contributed by atoms with van der Waals surface area (Å²) in [5.41, 5.74) is 0. The minimum absolute atomic E-state index is 0.0462. The maximum atomic E-state index is 8.27. The molecule has 0 bridgehead atoms. The Bertz CT molecular complexity index is 77.4. The summed E-state index contributed by atoms with van der Waals surface area (Å²) in [5, 5.41) is 14.9. The molecule has 0 amide bonds. The third kappa shape index (κ3) is 7.55. The largest absolute Gasteiger partial charge is 0.394 e. The van der Waals surface area contributed by atoms with E-state index in [1.165, 1.54) is 6.21 Å². The third-order valence-electron chi connectivity index (χ3n) is 0.809. The van der Waals surface area contributed by atoms with Crippen LogP contribution in [0.5, 0.6) is 0 Å². The van der Waals surface area contributed by atoms with Gasteiger partial charge in [0.05, 0.1) is 33.0 Å². The standard InChI is InChI=1S/C6H13NO3/c7-1-3-9-5-6-10-4-2-8/h1,7-8H,2-6H2. The summed E-state index contributed by atoms with van der Waals surface area (Å²) in [6.45, 7) is 1.70. The highest BCUT2D eigenvalue weighted by atomic mass is 16.5. The number of aliphatic hydroxyl groups excluding tert-OH is 1. The molecule has 4 nitrogen and oxygen atoms in total. The predicted molar refractivity (Wildman–Crippen MR) is 37.5 cm³/mol. The molecule has 0 aromatic carbocycles. The fraction of sp³-hybridized carbons (Fsp3) is 0.833. The lowest BCUT2D eigenvalue weighted by Crippen LogP contribution is -2.07. The Kier molecular flexibility index (Phi) is 8.17. The number of hydrogen-bond acceptors (Lipinski definition) is 4. The van der Waals surface area contributed by atoms with Gasteiger partial charge in [0, 0.05) is 6.21 Å². The Morgan fingerprint density at radius 2 is 1.90 bits per heavy atom. The lowest BCUT2D eigenvalue weighted by Gasteiger charge is -2.00. The molecule has 0 fully saturated rings. The fourth-order valence-corrected chi connectivity index (χ4v) is 0.427. The number of ether oxygens (including phenoxy) is 2. The quantitative estimate of drug-likeness (QED) is 0.382. The van der Waals surface area contributed by atoms with Crippen molar-refractivity contribution in [3.63, 3.8) is 0 Å². The van der Waals surface area contributed by atoms with Gasteiger partial charge in [-0.1, -0.05) is 0 Å². The summed E-state index contributed by atoms with van der Waals surface area (Å²) >= 11 is 0. The smallest absolute Gasteiger partial charge is 0.0812 e. The van der Waals surface area contributed by atoms with Gasteiger partial charge in [0.1, 0.15) is 0 Å². The molecule has 0 aliphatic carbocycles. The zero-order chi connectivity index (χ0) is 7.66.